The standard InChI is InChI=1S/C17H13N3O2/c1-20-7-6-11-8-14(18-10-15(11)20)17-9-13(19-21)12-4-2-3-5-16(12)22-17/h2-10,21H,1H3/b19-13-. The van der Waals surface area contributed by atoms with Crippen molar-refractivity contribution < 1.29 is 9.62 Å². The van der Waals surface area contributed by atoms with E-state index in [1.54, 1.807) is 6.07 Å². The van der Waals surface area contributed by atoms with Crippen LogP contribution in [-0.4, -0.2) is 14.8 Å². The van der Waals surface area contributed by atoms with Gasteiger partial charge in [-0.25, -0.2) is 0 Å². The Balaban J connectivity index is 1.99. The molecule has 0 saturated heterocycles. The topological polar surface area (TPSA) is 63.5 Å². The first-order valence-corrected chi connectivity index (χ1v) is 6.89. The van der Waals surface area contributed by atoms with Crippen LogP contribution in [0.2, 0.25) is 0 Å². The van der Waals surface area contributed by atoms with E-state index in [1.807, 2.05) is 60.4 Å². The van der Waals surface area contributed by atoms with Crippen LogP contribution >= 0.6 is 0 Å². The number of aryl methyl sites for hydroxylation is 1. The Morgan fingerprint density at radius 1 is 1.18 bits per heavy atom. The van der Waals surface area contributed by atoms with Gasteiger partial charge in [0, 0.05) is 30.1 Å². The number of fused-ring (bicyclic) bond motifs is 2. The molecule has 3 aromatic heterocycles. The van der Waals surface area contributed by atoms with Crippen molar-refractivity contribution in [1.82, 2.24) is 9.55 Å². The van der Waals surface area contributed by atoms with Crippen LogP contribution in [0.15, 0.2) is 64.4 Å². The Kier molecular flexibility index (Phi) is 2.72. The molecular weight excluding hydrogens is 278 g/mol. The summed E-state index contributed by atoms with van der Waals surface area (Å²) in [6.07, 6.45) is 3.80. The minimum atomic E-state index is 0.465. The Labute approximate surface area is 125 Å². The Morgan fingerprint density at radius 2 is 2.05 bits per heavy atom. The number of hydrogen-bond acceptors (Lipinski definition) is 4. The van der Waals surface area contributed by atoms with Crippen molar-refractivity contribution in [2.75, 3.05) is 0 Å². The van der Waals surface area contributed by atoms with Gasteiger partial charge in [0.05, 0.1) is 11.7 Å². The third-order valence-corrected chi connectivity index (χ3v) is 3.78. The monoisotopic (exact) mass is 291 g/mol. The average Bonchev–Trinajstić information content (AvgIpc) is 2.94. The van der Waals surface area contributed by atoms with Gasteiger partial charge in [-0.05, 0) is 24.3 Å². The summed E-state index contributed by atoms with van der Waals surface area (Å²) < 4.78 is 7.92. The van der Waals surface area contributed by atoms with Crippen molar-refractivity contribution in [3.63, 3.8) is 0 Å². The molecule has 0 atom stereocenters. The summed E-state index contributed by atoms with van der Waals surface area (Å²) in [5.41, 5.74) is 2.41. The molecule has 3 heterocycles. The first-order valence-electron chi connectivity index (χ1n) is 6.89. The lowest BCUT2D eigenvalue weighted by Gasteiger charge is -2.04. The maximum absolute atomic E-state index is 9.24. The molecule has 0 radical (unpaired) electrons. The summed E-state index contributed by atoms with van der Waals surface area (Å²) >= 11 is 0. The molecule has 0 spiro atoms. The van der Waals surface area contributed by atoms with E-state index in [2.05, 4.69) is 10.1 Å². The van der Waals surface area contributed by atoms with Gasteiger partial charge in [0.15, 0.2) is 5.76 Å². The Hall–Kier alpha value is -3.08. The smallest absolute Gasteiger partial charge is 0.155 e. The second-order valence-corrected chi connectivity index (χ2v) is 5.15. The summed E-state index contributed by atoms with van der Waals surface area (Å²) in [6, 6.07) is 13.1. The maximum Gasteiger partial charge on any atom is 0.155 e. The van der Waals surface area contributed by atoms with Crippen LogP contribution in [0, 0.1) is 0 Å². The predicted molar refractivity (Wildman–Crippen MR) is 83.3 cm³/mol. The van der Waals surface area contributed by atoms with Crippen LogP contribution in [0.1, 0.15) is 0 Å². The highest BCUT2D eigenvalue weighted by atomic mass is 16.4. The van der Waals surface area contributed by atoms with Crippen molar-refractivity contribution in [2.45, 2.75) is 0 Å². The highest BCUT2D eigenvalue weighted by molar-refractivity contribution is 5.83. The molecule has 0 aliphatic carbocycles. The molecule has 0 fully saturated rings. The fourth-order valence-corrected chi connectivity index (χ4v) is 2.63. The molecule has 22 heavy (non-hydrogen) atoms. The quantitative estimate of drug-likeness (QED) is 0.432. The van der Waals surface area contributed by atoms with Gasteiger partial charge in [-0.1, -0.05) is 17.3 Å². The average molecular weight is 291 g/mol. The summed E-state index contributed by atoms with van der Waals surface area (Å²) in [6.45, 7) is 0. The van der Waals surface area contributed by atoms with Crippen LogP contribution in [0.5, 0.6) is 0 Å². The summed E-state index contributed by atoms with van der Waals surface area (Å²) in [5.74, 6) is 0.567. The van der Waals surface area contributed by atoms with E-state index in [0.717, 1.165) is 16.3 Å². The lowest BCUT2D eigenvalue weighted by molar-refractivity contribution is 0.302. The van der Waals surface area contributed by atoms with Crippen molar-refractivity contribution in [3.8, 4) is 11.5 Å². The van der Waals surface area contributed by atoms with Gasteiger partial charge in [0.1, 0.15) is 16.6 Å². The molecule has 0 saturated carbocycles. The van der Waals surface area contributed by atoms with Crippen molar-refractivity contribution in [3.05, 3.63) is 60.2 Å². The summed E-state index contributed by atoms with van der Waals surface area (Å²) in [7, 11) is 1.98. The molecule has 0 amide bonds. The number of nitrogens with zero attached hydrogens (tertiary/aromatic N) is 3. The van der Waals surface area contributed by atoms with Gasteiger partial charge in [0.25, 0.3) is 0 Å². The molecular formula is C17H13N3O2. The van der Waals surface area contributed by atoms with Crippen molar-refractivity contribution in [1.29, 1.82) is 0 Å². The molecule has 5 nitrogen and oxygen atoms in total. The molecule has 5 heteroatoms. The lowest BCUT2D eigenvalue weighted by atomic mass is 10.2. The largest absolute Gasteiger partial charge is 0.454 e. The van der Waals surface area contributed by atoms with E-state index in [4.69, 9.17) is 4.42 Å². The van der Waals surface area contributed by atoms with Gasteiger partial charge in [-0.15, -0.1) is 0 Å². The van der Waals surface area contributed by atoms with Gasteiger partial charge >= 0.3 is 0 Å². The summed E-state index contributed by atoms with van der Waals surface area (Å²) in [5, 5.41) is 14.9. The summed E-state index contributed by atoms with van der Waals surface area (Å²) in [4.78, 5) is 4.45. The molecule has 1 N–H and O–H groups in total. The van der Waals surface area contributed by atoms with Gasteiger partial charge in [-0.3, -0.25) is 4.98 Å². The van der Waals surface area contributed by atoms with E-state index in [1.165, 1.54) is 0 Å². The van der Waals surface area contributed by atoms with E-state index < -0.39 is 0 Å². The van der Waals surface area contributed by atoms with Crippen molar-refractivity contribution in [2.24, 2.45) is 12.2 Å². The van der Waals surface area contributed by atoms with E-state index >= 15 is 0 Å². The van der Waals surface area contributed by atoms with Gasteiger partial charge in [0.2, 0.25) is 0 Å². The molecule has 0 aliphatic rings. The first-order chi connectivity index (χ1) is 10.8. The number of pyridine rings is 1. The maximum atomic E-state index is 9.24. The molecule has 4 rings (SSSR count). The second-order valence-electron chi connectivity index (χ2n) is 5.15. The number of para-hydroxylation sites is 1. The highest BCUT2D eigenvalue weighted by Crippen LogP contribution is 2.24. The van der Waals surface area contributed by atoms with Gasteiger partial charge < -0.3 is 14.2 Å². The zero-order valence-electron chi connectivity index (χ0n) is 11.9. The fourth-order valence-electron chi connectivity index (χ4n) is 2.63. The highest BCUT2D eigenvalue weighted by Gasteiger charge is 2.09. The third kappa shape index (κ3) is 1.87. The van der Waals surface area contributed by atoms with E-state index in [0.29, 0.717) is 22.4 Å². The molecule has 108 valence electrons. The van der Waals surface area contributed by atoms with Crippen LogP contribution in [-0.2, 0) is 7.05 Å². The number of benzene rings is 1. The van der Waals surface area contributed by atoms with Crippen LogP contribution in [0.3, 0.4) is 0 Å². The van der Waals surface area contributed by atoms with E-state index in [9.17, 15) is 5.21 Å². The molecule has 0 bridgehead atoms. The van der Waals surface area contributed by atoms with Crippen LogP contribution in [0.4, 0.5) is 0 Å². The Bertz CT molecular complexity index is 1060. The molecule has 0 unspecified atom stereocenters. The molecule has 1 aromatic carbocycles. The predicted octanol–water partition coefficient (Wildman–Crippen LogP) is 3.28. The Morgan fingerprint density at radius 3 is 2.91 bits per heavy atom. The first kappa shape index (κ1) is 12.6. The zero-order valence-corrected chi connectivity index (χ0v) is 11.9. The molecule has 0 aliphatic heterocycles. The van der Waals surface area contributed by atoms with Crippen LogP contribution < -0.4 is 5.36 Å². The van der Waals surface area contributed by atoms with E-state index in [-0.39, 0.29) is 0 Å². The number of hydrogen-bond donors (Lipinski definition) is 1. The number of aromatic nitrogens is 2. The minimum absolute atomic E-state index is 0.465. The lowest BCUT2D eigenvalue weighted by Crippen LogP contribution is -2.03. The normalized spacial score (nSPS) is 12.3. The SMILES string of the molecule is Cn1ccc2cc(-c3c/c(=N/O)c4ccccc4o3)ncc21. The minimum Gasteiger partial charge on any atom is -0.454 e. The molecule has 4 aromatic rings. The number of rotatable bonds is 1. The van der Waals surface area contributed by atoms with Gasteiger partial charge in [-0.2, -0.15) is 0 Å². The zero-order chi connectivity index (χ0) is 15.1. The third-order valence-electron chi connectivity index (χ3n) is 3.78. The van der Waals surface area contributed by atoms with Crippen molar-refractivity contribution >= 4 is 21.9 Å². The fraction of sp³-hybridized carbons (Fsp3) is 0.0588. The second kappa shape index (κ2) is 4.73. The van der Waals surface area contributed by atoms with Crippen LogP contribution in [0.25, 0.3) is 33.3 Å².